The highest BCUT2D eigenvalue weighted by molar-refractivity contribution is 5.94. The number of hydrogen-bond acceptors (Lipinski definition) is 9. The summed E-state index contributed by atoms with van der Waals surface area (Å²) in [7, 11) is 4.57. The molecule has 0 radical (unpaired) electrons. The SMILES string of the molecule is COc1ccc(-c2coc3c4c(cc(O)c3c2=O)OC(=O)CC4c2ccc(OC)c(OC(C)C)c2)cc1OC. The zero-order chi connectivity index (χ0) is 27.8. The Kier molecular flexibility index (Phi) is 6.82. The predicted octanol–water partition coefficient (Wildman–Crippen LogP) is 5.42. The molecule has 0 spiro atoms. The van der Waals surface area contributed by atoms with Crippen LogP contribution >= 0.6 is 0 Å². The van der Waals surface area contributed by atoms with Crippen molar-refractivity contribution in [2.75, 3.05) is 21.3 Å². The minimum Gasteiger partial charge on any atom is -0.507 e. The number of ether oxygens (including phenoxy) is 5. The Balaban J connectivity index is 1.71. The number of carbonyl (C=O) groups excluding carboxylic acids is 1. The third-order valence-electron chi connectivity index (χ3n) is 6.62. The van der Waals surface area contributed by atoms with Crippen molar-refractivity contribution in [3.63, 3.8) is 0 Å². The van der Waals surface area contributed by atoms with Crippen molar-refractivity contribution < 1.29 is 38.0 Å². The summed E-state index contributed by atoms with van der Waals surface area (Å²) in [5, 5.41) is 10.9. The molecule has 39 heavy (non-hydrogen) atoms. The number of esters is 1. The van der Waals surface area contributed by atoms with E-state index in [4.69, 9.17) is 28.1 Å². The quantitative estimate of drug-likeness (QED) is 0.246. The largest absolute Gasteiger partial charge is 0.507 e. The van der Waals surface area contributed by atoms with Crippen molar-refractivity contribution in [2.45, 2.75) is 32.3 Å². The summed E-state index contributed by atoms with van der Waals surface area (Å²) in [6, 6.07) is 11.7. The molecule has 2 heterocycles. The smallest absolute Gasteiger partial charge is 0.312 e. The lowest BCUT2D eigenvalue weighted by Gasteiger charge is -2.26. The van der Waals surface area contributed by atoms with Gasteiger partial charge in [-0.1, -0.05) is 12.1 Å². The van der Waals surface area contributed by atoms with Crippen molar-refractivity contribution in [1.82, 2.24) is 0 Å². The fraction of sp³-hybridized carbons (Fsp3) is 0.267. The second kappa shape index (κ2) is 10.2. The number of rotatable bonds is 7. The Hall–Kier alpha value is -4.66. The molecule has 0 fully saturated rings. The molecule has 9 nitrogen and oxygen atoms in total. The monoisotopic (exact) mass is 532 g/mol. The summed E-state index contributed by atoms with van der Waals surface area (Å²) in [5.41, 5.74) is 1.66. The Bertz CT molecular complexity index is 1630. The van der Waals surface area contributed by atoms with Crippen LogP contribution in [0, 0.1) is 0 Å². The maximum Gasteiger partial charge on any atom is 0.312 e. The second-order valence-electron chi connectivity index (χ2n) is 9.37. The summed E-state index contributed by atoms with van der Waals surface area (Å²) in [5.74, 6) is 0.789. The van der Waals surface area contributed by atoms with Crippen LogP contribution in [-0.4, -0.2) is 38.5 Å². The predicted molar refractivity (Wildman–Crippen MR) is 144 cm³/mol. The molecule has 0 saturated carbocycles. The molecule has 1 aromatic heterocycles. The van der Waals surface area contributed by atoms with Crippen molar-refractivity contribution in [3.05, 3.63) is 70.1 Å². The molecule has 1 unspecified atom stereocenters. The van der Waals surface area contributed by atoms with Crippen LogP contribution in [0.1, 0.15) is 37.3 Å². The Morgan fingerprint density at radius 3 is 2.28 bits per heavy atom. The maximum absolute atomic E-state index is 13.7. The fourth-order valence-electron chi connectivity index (χ4n) is 4.88. The van der Waals surface area contributed by atoms with E-state index in [1.54, 1.807) is 37.4 Å². The topological polar surface area (TPSA) is 114 Å². The van der Waals surface area contributed by atoms with Gasteiger partial charge in [0, 0.05) is 17.5 Å². The lowest BCUT2D eigenvalue weighted by Crippen LogP contribution is -2.22. The van der Waals surface area contributed by atoms with E-state index in [-0.39, 0.29) is 40.6 Å². The number of phenolic OH excluding ortho intramolecular Hbond substituents is 1. The zero-order valence-corrected chi connectivity index (χ0v) is 22.2. The van der Waals surface area contributed by atoms with Gasteiger partial charge in [-0.25, -0.2) is 0 Å². The molecule has 9 heteroatoms. The van der Waals surface area contributed by atoms with E-state index in [0.29, 0.717) is 34.1 Å². The van der Waals surface area contributed by atoms with Crippen molar-refractivity contribution >= 4 is 16.9 Å². The van der Waals surface area contributed by atoms with Gasteiger partial charge >= 0.3 is 5.97 Å². The highest BCUT2D eigenvalue weighted by Gasteiger charge is 2.34. The minimum atomic E-state index is -0.528. The molecule has 5 rings (SSSR count). The fourth-order valence-corrected chi connectivity index (χ4v) is 4.88. The van der Waals surface area contributed by atoms with Crippen LogP contribution < -0.4 is 29.1 Å². The van der Waals surface area contributed by atoms with E-state index >= 15 is 0 Å². The minimum absolute atomic E-state index is 0.00145. The van der Waals surface area contributed by atoms with Crippen LogP contribution in [0.15, 0.2) is 57.9 Å². The van der Waals surface area contributed by atoms with E-state index in [1.807, 2.05) is 19.9 Å². The summed E-state index contributed by atoms with van der Waals surface area (Å²) in [6.07, 6.45) is 1.23. The molecule has 0 aliphatic carbocycles. The Morgan fingerprint density at radius 2 is 1.59 bits per heavy atom. The van der Waals surface area contributed by atoms with Crippen LogP contribution in [0.25, 0.3) is 22.1 Å². The lowest BCUT2D eigenvalue weighted by molar-refractivity contribution is -0.135. The van der Waals surface area contributed by atoms with E-state index in [9.17, 15) is 14.7 Å². The zero-order valence-electron chi connectivity index (χ0n) is 22.2. The molecule has 0 saturated heterocycles. The molecule has 3 aromatic carbocycles. The number of phenols is 1. The first-order valence-electron chi connectivity index (χ1n) is 12.3. The third-order valence-corrected chi connectivity index (χ3v) is 6.62. The number of aromatic hydroxyl groups is 1. The number of methoxy groups -OCH3 is 3. The van der Waals surface area contributed by atoms with Gasteiger partial charge in [0.25, 0.3) is 0 Å². The van der Waals surface area contributed by atoms with Crippen LogP contribution in [0.4, 0.5) is 0 Å². The first-order chi connectivity index (χ1) is 18.7. The molecular formula is C30H28O9. The van der Waals surface area contributed by atoms with Crippen LogP contribution in [0.3, 0.4) is 0 Å². The van der Waals surface area contributed by atoms with Gasteiger partial charge in [0.2, 0.25) is 5.43 Å². The molecule has 202 valence electrons. The van der Waals surface area contributed by atoms with E-state index in [0.717, 1.165) is 5.56 Å². The van der Waals surface area contributed by atoms with Gasteiger partial charge < -0.3 is 33.2 Å². The molecule has 4 aromatic rings. The van der Waals surface area contributed by atoms with Gasteiger partial charge in [0.05, 0.1) is 39.4 Å². The maximum atomic E-state index is 13.7. The molecule has 1 aliphatic rings. The van der Waals surface area contributed by atoms with E-state index < -0.39 is 17.3 Å². The summed E-state index contributed by atoms with van der Waals surface area (Å²) in [4.78, 5) is 26.3. The molecular weight excluding hydrogens is 504 g/mol. The van der Waals surface area contributed by atoms with E-state index in [2.05, 4.69) is 0 Å². The van der Waals surface area contributed by atoms with Crippen LogP contribution in [0.2, 0.25) is 0 Å². The Morgan fingerprint density at radius 1 is 0.897 bits per heavy atom. The van der Waals surface area contributed by atoms with Crippen LogP contribution in [-0.2, 0) is 4.79 Å². The molecule has 1 N–H and O–H groups in total. The average molecular weight is 533 g/mol. The summed E-state index contributed by atoms with van der Waals surface area (Å²) in [6.45, 7) is 3.81. The van der Waals surface area contributed by atoms with Gasteiger partial charge in [-0.3, -0.25) is 9.59 Å². The number of benzene rings is 3. The van der Waals surface area contributed by atoms with Crippen molar-refractivity contribution in [1.29, 1.82) is 0 Å². The normalized spacial score (nSPS) is 14.6. The Labute approximate surface area is 224 Å². The summed E-state index contributed by atoms with van der Waals surface area (Å²) < 4.78 is 33.5. The standard InChI is InChI=1S/C30H28O9/c1-15(2)38-24-11-16(6-9-22(24)35-4)18-12-26(32)39-25-13-20(31)28-29(33)19(14-37-30(28)27(18)25)17-7-8-21(34-3)23(10-17)36-5/h6-11,13-15,18,31H,12H2,1-5H3. The highest BCUT2D eigenvalue weighted by Crippen LogP contribution is 2.47. The molecule has 0 amide bonds. The van der Waals surface area contributed by atoms with Gasteiger partial charge in [0.15, 0.2) is 23.0 Å². The van der Waals surface area contributed by atoms with Gasteiger partial charge in [-0.2, -0.15) is 0 Å². The molecule has 1 atom stereocenters. The van der Waals surface area contributed by atoms with Gasteiger partial charge in [-0.15, -0.1) is 0 Å². The number of carbonyl (C=O) groups is 1. The summed E-state index contributed by atoms with van der Waals surface area (Å²) >= 11 is 0. The molecule has 0 bridgehead atoms. The first-order valence-corrected chi connectivity index (χ1v) is 12.3. The van der Waals surface area contributed by atoms with E-state index in [1.165, 1.54) is 26.5 Å². The lowest BCUT2D eigenvalue weighted by atomic mass is 9.84. The third kappa shape index (κ3) is 4.60. The van der Waals surface area contributed by atoms with Gasteiger partial charge in [-0.05, 0) is 49.2 Å². The van der Waals surface area contributed by atoms with Crippen molar-refractivity contribution in [2.24, 2.45) is 0 Å². The highest BCUT2D eigenvalue weighted by atomic mass is 16.5. The number of fused-ring (bicyclic) bond motifs is 3. The number of hydrogen-bond donors (Lipinski definition) is 1. The second-order valence-corrected chi connectivity index (χ2v) is 9.37. The first kappa shape index (κ1) is 26.0. The van der Waals surface area contributed by atoms with Crippen molar-refractivity contribution in [3.8, 4) is 45.6 Å². The van der Waals surface area contributed by atoms with Crippen LogP contribution in [0.5, 0.6) is 34.5 Å². The average Bonchev–Trinajstić information content (AvgIpc) is 2.91. The van der Waals surface area contributed by atoms with Gasteiger partial charge in [0.1, 0.15) is 28.7 Å². The molecule has 1 aliphatic heterocycles.